The van der Waals surface area contributed by atoms with Crippen molar-refractivity contribution in [1.29, 1.82) is 0 Å². The summed E-state index contributed by atoms with van der Waals surface area (Å²) in [5.41, 5.74) is 8.10. The van der Waals surface area contributed by atoms with E-state index < -0.39 is 0 Å². The third-order valence-corrected chi connectivity index (χ3v) is 3.99. The molecule has 0 saturated carbocycles. The van der Waals surface area contributed by atoms with Crippen LogP contribution in [0.5, 0.6) is 0 Å². The minimum Gasteiger partial charge on any atom is -0.382 e. The number of para-hydroxylation sites is 1. The number of hydrogen-bond donors (Lipinski definition) is 2. The first kappa shape index (κ1) is 18.3. The fraction of sp³-hybridized carbons (Fsp3) is 0.556. The topological polar surface area (TPSA) is 80.0 Å². The molecule has 1 aliphatic heterocycles. The van der Waals surface area contributed by atoms with Crippen molar-refractivity contribution >= 4 is 17.6 Å². The van der Waals surface area contributed by atoms with Crippen molar-refractivity contribution in [1.82, 2.24) is 5.32 Å². The van der Waals surface area contributed by atoms with Gasteiger partial charge >= 0.3 is 0 Å². The SMILES string of the molecule is CCOCCCNC(N)=NCCCC(=O)N1CCc2ccccc21. The van der Waals surface area contributed by atoms with E-state index >= 15 is 0 Å². The average Bonchev–Trinajstić information content (AvgIpc) is 3.02. The van der Waals surface area contributed by atoms with Gasteiger partial charge in [-0.3, -0.25) is 9.79 Å². The Kier molecular flexibility index (Phi) is 7.55. The van der Waals surface area contributed by atoms with Gasteiger partial charge in [0, 0.05) is 45.0 Å². The van der Waals surface area contributed by atoms with Gasteiger partial charge in [-0.1, -0.05) is 18.2 Å². The van der Waals surface area contributed by atoms with Crippen LogP contribution >= 0.6 is 0 Å². The Morgan fingerprint density at radius 3 is 3.04 bits per heavy atom. The molecular weight excluding hydrogens is 304 g/mol. The lowest BCUT2D eigenvalue weighted by Crippen LogP contribution is -2.33. The van der Waals surface area contributed by atoms with Gasteiger partial charge in [0.1, 0.15) is 0 Å². The summed E-state index contributed by atoms with van der Waals surface area (Å²) in [6, 6.07) is 8.10. The molecule has 3 N–H and O–H groups in total. The van der Waals surface area contributed by atoms with Crippen LogP contribution in [0.15, 0.2) is 29.3 Å². The molecule has 0 spiro atoms. The normalized spacial score (nSPS) is 13.9. The third kappa shape index (κ3) is 5.53. The zero-order valence-corrected chi connectivity index (χ0v) is 14.5. The minimum absolute atomic E-state index is 0.165. The second-order valence-electron chi connectivity index (χ2n) is 5.77. The zero-order chi connectivity index (χ0) is 17.2. The molecule has 6 heteroatoms. The average molecular weight is 332 g/mol. The van der Waals surface area contributed by atoms with E-state index in [9.17, 15) is 4.79 Å². The molecule has 1 aromatic rings. The number of fused-ring (bicyclic) bond motifs is 1. The number of amides is 1. The summed E-state index contributed by atoms with van der Waals surface area (Å²) in [5.74, 6) is 0.601. The van der Waals surface area contributed by atoms with Crippen LogP contribution in [0, 0.1) is 0 Å². The van der Waals surface area contributed by atoms with Gasteiger partial charge in [0.15, 0.2) is 5.96 Å². The van der Waals surface area contributed by atoms with Crippen LogP contribution in [0.25, 0.3) is 0 Å². The van der Waals surface area contributed by atoms with Crippen molar-refractivity contribution in [2.45, 2.75) is 32.6 Å². The van der Waals surface area contributed by atoms with Crippen molar-refractivity contribution in [3.8, 4) is 0 Å². The number of hydrogen-bond acceptors (Lipinski definition) is 3. The number of carbonyl (C=O) groups is 1. The highest BCUT2D eigenvalue weighted by molar-refractivity contribution is 5.95. The smallest absolute Gasteiger partial charge is 0.227 e. The molecule has 0 radical (unpaired) electrons. The summed E-state index contributed by atoms with van der Waals surface area (Å²) in [5, 5.41) is 3.05. The fourth-order valence-electron chi connectivity index (χ4n) is 2.75. The van der Waals surface area contributed by atoms with Crippen LogP contribution in [0.1, 0.15) is 31.7 Å². The van der Waals surface area contributed by atoms with E-state index in [1.54, 1.807) is 0 Å². The summed E-state index contributed by atoms with van der Waals surface area (Å²) >= 11 is 0. The Bertz CT molecular complexity index is 560. The fourth-order valence-corrected chi connectivity index (χ4v) is 2.75. The minimum atomic E-state index is 0.165. The molecule has 1 aliphatic rings. The van der Waals surface area contributed by atoms with E-state index in [0.29, 0.717) is 25.3 Å². The van der Waals surface area contributed by atoms with Gasteiger partial charge in [-0.25, -0.2) is 0 Å². The van der Waals surface area contributed by atoms with E-state index in [4.69, 9.17) is 10.5 Å². The van der Waals surface area contributed by atoms with E-state index in [1.807, 2.05) is 30.0 Å². The maximum Gasteiger partial charge on any atom is 0.227 e. The lowest BCUT2D eigenvalue weighted by atomic mass is 10.2. The Morgan fingerprint density at radius 1 is 1.38 bits per heavy atom. The van der Waals surface area contributed by atoms with Gasteiger partial charge in [-0.05, 0) is 37.8 Å². The largest absolute Gasteiger partial charge is 0.382 e. The Morgan fingerprint density at radius 2 is 2.21 bits per heavy atom. The van der Waals surface area contributed by atoms with Crippen LogP contribution in [0.2, 0.25) is 0 Å². The summed E-state index contributed by atoms with van der Waals surface area (Å²) in [7, 11) is 0. The maximum absolute atomic E-state index is 12.3. The highest BCUT2D eigenvalue weighted by Gasteiger charge is 2.23. The third-order valence-electron chi connectivity index (χ3n) is 3.99. The number of nitrogens with one attached hydrogen (secondary N) is 1. The van der Waals surface area contributed by atoms with E-state index in [2.05, 4.69) is 16.4 Å². The number of ether oxygens (including phenoxy) is 1. The van der Waals surface area contributed by atoms with Gasteiger partial charge in [-0.2, -0.15) is 0 Å². The van der Waals surface area contributed by atoms with E-state index in [0.717, 1.165) is 44.8 Å². The van der Waals surface area contributed by atoms with Crippen LogP contribution in [0.4, 0.5) is 5.69 Å². The van der Waals surface area contributed by atoms with Crippen LogP contribution in [0.3, 0.4) is 0 Å². The van der Waals surface area contributed by atoms with Crippen LogP contribution in [-0.2, 0) is 16.0 Å². The predicted molar refractivity (Wildman–Crippen MR) is 97.3 cm³/mol. The summed E-state index contributed by atoms with van der Waals surface area (Å²) in [6.07, 6.45) is 3.05. The van der Waals surface area contributed by atoms with E-state index in [1.165, 1.54) is 5.56 Å². The molecule has 0 unspecified atom stereocenters. The van der Waals surface area contributed by atoms with Crippen LogP contribution < -0.4 is 16.0 Å². The van der Waals surface area contributed by atoms with E-state index in [-0.39, 0.29) is 5.91 Å². The van der Waals surface area contributed by atoms with Crippen molar-refractivity contribution in [3.63, 3.8) is 0 Å². The van der Waals surface area contributed by atoms with Gasteiger partial charge in [-0.15, -0.1) is 0 Å². The first-order valence-electron chi connectivity index (χ1n) is 8.72. The number of benzene rings is 1. The summed E-state index contributed by atoms with van der Waals surface area (Å²) < 4.78 is 5.25. The first-order chi connectivity index (χ1) is 11.7. The van der Waals surface area contributed by atoms with Crippen molar-refractivity contribution in [2.75, 3.05) is 37.7 Å². The van der Waals surface area contributed by atoms with Crippen molar-refractivity contribution < 1.29 is 9.53 Å². The molecule has 6 nitrogen and oxygen atoms in total. The zero-order valence-electron chi connectivity index (χ0n) is 14.5. The molecule has 0 bridgehead atoms. The highest BCUT2D eigenvalue weighted by Crippen LogP contribution is 2.27. The molecule has 1 amide bonds. The second-order valence-corrected chi connectivity index (χ2v) is 5.77. The molecule has 0 aromatic heterocycles. The molecule has 1 aromatic carbocycles. The molecular formula is C18H28N4O2. The van der Waals surface area contributed by atoms with Crippen molar-refractivity contribution in [3.05, 3.63) is 29.8 Å². The number of nitrogens with two attached hydrogens (primary N) is 1. The second kappa shape index (κ2) is 9.93. The Labute approximate surface area is 144 Å². The molecule has 24 heavy (non-hydrogen) atoms. The molecule has 2 rings (SSSR count). The molecule has 0 aliphatic carbocycles. The van der Waals surface area contributed by atoms with Gasteiger partial charge < -0.3 is 20.7 Å². The molecule has 0 atom stereocenters. The van der Waals surface area contributed by atoms with Gasteiger partial charge in [0.05, 0.1) is 0 Å². The lowest BCUT2D eigenvalue weighted by molar-refractivity contribution is -0.118. The number of anilines is 1. The number of aliphatic imine (C=N–C) groups is 1. The highest BCUT2D eigenvalue weighted by atomic mass is 16.5. The first-order valence-corrected chi connectivity index (χ1v) is 8.72. The van der Waals surface area contributed by atoms with Crippen LogP contribution in [-0.4, -0.2) is 44.7 Å². The maximum atomic E-state index is 12.3. The van der Waals surface area contributed by atoms with Gasteiger partial charge in [0.2, 0.25) is 5.91 Å². The standard InChI is InChI=1S/C18H28N4O2/c1-2-24-14-6-12-21-18(19)20-11-5-9-17(23)22-13-10-15-7-3-4-8-16(15)22/h3-4,7-8H,2,5-6,9-14H2,1H3,(H3,19,20,21). The summed E-state index contributed by atoms with van der Waals surface area (Å²) in [6.45, 7) is 5.53. The molecule has 1 heterocycles. The number of rotatable bonds is 9. The number of guanidine groups is 1. The summed E-state index contributed by atoms with van der Waals surface area (Å²) in [4.78, 5) is 18.5. The lowest BCUT2D eigenvalue weighted by Gasteiger charge is -2.16. The van der Waals surface area contributed by atoms with Crippen molar-refractivity contribution in [2.24, 2.45) is 10.7 Å². The van der Waals surface area contributed by atoms with Gasteiger partial charge in [0.25, 0.3) is 0 Å². The predicted octanol–water partition coefficient (Wildman–Crippen LogP) is 1.69. The molecule has 0 fully saturated rings. The Hall–Kier alpha value is -2.08. The molecule has 132 valence electrons. The number of carbonyl (C=O) groups excluding carboxylic acids is 1. The monoisotopic (exact) mass is 332 g/mol. The number of nitrogens with zero attached hydrogens (tertiary/aromatic N) is 2. The molecule has 0 saturated heterocycles. The Balaban J connectivity index is 1.64. The quantitative estimate of drug-likeness (QED) is 0.410.